The zero-order valence-electron chi connectivity index (χ0n) is 37.7. The van der Waals surface area contributed by atoms with Gasteiger partial charge in [0.25, 0.3) is 0 Å². The lowest BCUT2D eigenvalue weighted by molar-refractivity contribution is 0.624. The third kappa shape index (κ3) is 25.9. The minimum absolute atomic E-state index is 0.103. The number of hydrogen-bond donors (Lipinski definition) is 8. The van der Waals surface area contributed by atoms with Crippen molar-refractivity contribution < 1.29 is 0 Å². The van der Waals surface area contributed by atoms with E-state index in [9.17, 15) is 0 Å². The molecule has 60 heavy (non-hydrogen) atoms. The molecular weight excluding hydrogens is 854 g/mol. The smallest absolute Gasteiger partial charge is 0.229 e. The topological polar surface area (TPSA) is 251 Å². The van der Waals surface area contributed by atoms with Crippen LogP contribution in [0, 0.1) is 0 Å². The van der Waals surface area contributed by atoms with Crippen molar-refractivity contribution in [3.05, 3.63) is 21.1 Å². The highest BCUT2D eigenvalue weighted by Crippen LogP contribution is 2.17. The van der Waals surface area contributed by atoms with Gasteiger partial charge in [-0.25, -0.2) is 0 Å². The number of aromatic nitrogens is 12. The highest BCUT2D eigenvalue weighted by atomic mass is 35.5. The Morgan fingerprint density at radius 2 is 0.433 bits per heavy atom. The van der Waals surface area contributed by atoms with Gasteiger partial charge < -0.3 is 42.5 Å². The molecule has 0 aromatic carbocycles. The molecule has 20 nitrogen and oxygen atoms in total. The lowest BCUT2D eigenvalue weighted by Crippen LogP contribution is -2.27. The third-order valence-electron chi connectivity index (χ3n) is 5.72. The van der Waals surface area contributed by atoms with E-state index >= 15 is 0 Å². The molecular formula is C36H64Cl4N20. The van der Waals surface area contributed by atoms with E-state index in [-0.39, 0.29) is 43.3 Å². The van der Waals surface area contributed by atoms with Crippen LogP contribution in [0.3, 0.4) is 0 Å². The van der Waals surface area contributed by atoms with E-state index in [1.165, 1.54) is 0 Å². The Morgan fingerprint density at radius 1 is 0.283 bits per heavy atom. The molecule has 0 amide bonds. The quantitative estimate of drug-likeness (QED) is 0.0662. The normalized spacial score (nSPS) is 11.3. The predicted octanol–water partition coefficient (Wildman–Crippen LogP) is 8.67. The van der Waals surface area contributed by atoms with Gasteiger partial charge in [-0.2, -0.15) is 59.8 Å². The van der Waals surface area contributed by atoms with E-state index in [0.29, 0.717) is 47.6 Å². The average molecular weight is 919 g/mol. The van der Waals surface area contributed by atoms with Crippen molar-refractivity contribution in [2.75, 3.05) is 68.7 Å². The van der Waals surface area contributed by atoms with Crippen LogP contribution in [0.2, 0.25) is 21.1 Å². The maximum Gasteiger partial charge on any atom is 0.229 e. The van der Waals surface area contributed by atoms with Crippen LogP contribution in [0.15, 0.2) is 0 Å². The van der Waals surface area contributed by atoms with Crippen LogP contribution in [0.25, 0.3) is 0 Å². The molecule has 4 aromatic heterocycles. The van der Waals surface area contributed by atoms with Gasteiger partial charge >= 0.3 is 0 Å². The molecule has 336 valence electrons. The summed E-state index contributed by atoms with van der Waals surface area (Å²) in [5, 5.41) is 25.2. The fourth-order valence-corrected chi connectivity index (χ4v) is 4.55. The molecule has 0 aliphatic rings. The Balaban J connectivity index is 0.000000400. The minimum Gasteiger partial charge on any atom is -0.354 e. The molecule has 0 fully saturated rings. The first-order valence-electron chi connectivity index (χ1n) is 19.4. The van der Waals surface area contributed by atoms with Crippen molar-refractivity contribution in [3.63, 3.8) is 0 Å². The number of anilines is 8. The minimum atomic E-state index is -0.103. The van der Waals surface area contributed by atoms with E-state index < -0.39 is 0 Å². The predicted molar refractivity (Wildman–Crippen MR) is 250 cm³/mol. The molecule has 0 saturated heterocycles. The molecule has 4 heterocycles. The summed E-state index contributed by atoms with van der Waals surface area (Å²) in [4.78, 5) is 48.5. The van der Waals surface area contributed by atoms with Crippen LogP contribution >= 0.6 is 46.4 Å². The van der Waals surface area contributed by atoms with Gasteiger partial charge in [0.15, 0.2) is 0 Å². The van der Waals surface area contributed by atoms with E-state index in [2.05, 4.69) is 102 Å². The molecule has 0 aliphatic heterocycles. The molecule has 0 aliphatic carbocycles. The summed E-state index contributed by atoms with van der Waals surface area (Å²) in [7, 11) is 0. The first-order chi connectivity index (χ1) is 27.6. The second-order valence-corrected chi connectivity index (χ2v) is 18.0. The zero-order valence-corrected chi connectivity index (χ0v) is 40.7. The maximum absolute atomic E-state index is 5.77. The van der Waals surface area contributed by atoms with Gasteiger partial charge in [-0.1, -0.05) is 0 Å². The van der Waals surface area contributed by atoms with Gasteiger partial charge in [0.2, 0.25) is 68.7 Å². The number of nitrogens with one attached hydrogen (secondary N) is 8. The Bertz CT molecular complexity index is 1610. The average Bonchev–Trinajstić information content (AvgIpc) is 3.02. The van der Waals surface area contributed by atoms with Crippen LogP contribution in [0.1, 0.15) is 111 Å². The van der Waals surface area contributed by atoms with Crippen molar-refractivity contribution in [1.29, 1.82) is 0 Å². The van der Waals surface area contributed by atoms with E-state index in [1.54, 1.807) is 0 Å². The fourth-order valence-electron chi connectivity index (χ4n) is 3.91. The van der Waals surface area contributed by atoms with Crippen molar-refractivity contribution in [3.8, 4) is 0 Å². The molecule has 0 bridgehead atoms. The van der Waals surface area contributed by atoms with Gasteiger partial charge in [-0.3, -0.25) is 0 Å². The molecule has 0 spiro atoms. The van der Waals surface area contributed by atoms with E-state index in [4.69, 9.17) is 46.4 Å². The first-order valence-corrected chi connectivity index (χ1v) is 20.9. The second-order valence-electron chi connectivity index (χ2n) is 16.6. The number of hydrogen-bond acceptors (Lipinski definition) is 20. The number of rotatable bonds is 12. The third-order valence-corrected chi connectivity index (χ3v) is 6.40. The zero-order chi connectivity index (χ0) is 45.9. The lowest BCUT2D eigenvalue weighted by atomic mass is 10.1. The molecule has 24 heteroatoms. The highest BCUT2D eigenvalue weighted by molar-refractivity contribution is 6.29. The second kappa shape index (κ2) is 24.8. The Hall–Kier alpha value is -4.40. The molecule has 0 atom stereocenters. The fraction of sp³-hybridized carbons (Fsp3) is 0.667. The van der Waals surface area contributed by atoms with Crippen molar-refractivity contribution in [1.82, 2.24) is 59.8 Å². The summed E-state index contributed by atoms with van der Waals surface area (Å²) in [6.45, 7) is 35.2. The molecule has 0 radical (unpaired) electrons. The molecule has 0 saturated carbocycles. The lowest BCUT2D eigenvalue weighted by Gasteiger charge is -2.20. The Kier molecular flexibility index (Phi) is 22.1. The van der Waals surface area contributed by atoms with Gasteiger partial charge in [0.05, 0.1) is 0 Å². The number of halogens is 4. The SMILES string of the molecule is CCNc1nc(Cl)nc(NC(C)(C)C)n1.CCNc1nc(Cl)nc(NC(C)(C)C)n1.CCNc1nc(Cl)nc(NC(C)(C)C)n1.CCNc1nc(Cl)nc(NC(C)(C)C)n1. The van der Waals surface area contributed by atoms with Crippen LogP contribution in [0.5, 0.6) is 0 Å². The standard InChI is InChI=1S/4C9H16ClN5/c4*1-5-11-7-12-6(10)13-8(14-7)15-9(2,3)4/h4*5H2,1-4H3,(H2,11,12,13,14,15). The van der Waals surface area contributed by atoms with Gasteiger partial charge in [0, 0.05) is 48.3 Å². The Morgan fingerprint density at radius 3 is 0.567 bits per heavy atom. The summed E-state index contributed by atoms with van der Waals surface area (Å²) in [6.07, 6.45) is 0. The van der Waals surface area contributed by atoms with Crippen LogP contribution in [0.4, 0.5) is 47.6 Å². The van der Waals surface area contributed by atoms with Crippen LogP contribution in [-0.2, 0) is 0 Å². The van der Waals surface area contributed by atoms with Gasteiger partial charge in [0.1, 0.15) is 0 Å². The summed E-state index contributed by atoms with van der Waals surface area (Å²) < 4.78 is 0. The summed E-state index contributed by atoms with van der Waals surface area (Å²) in [6, 6.07) is 0. The summed E-state index contributed by atoms with van der Waals surface area (Å²) in [5.41, 5.74) is -0.412. The molecule has 4 rings (SSSR count). The van der Waals surface area contributed by atoms with Gasteiger partial charge in [-0.05, 0) is 157 Å². The highest BCUT2D eigenvalue weighted by Gasteiger charge is 2.16. The van der Waals surface area contributed by atoms with E-state index in [1.807, 2.05) is 111 Å². The monoisotopic (exact) mass is 916 g/mol. The summed E-state index contributed by atoms with van der Waals surface area (Å²) in [5.74, 6) is 3.90. The van der Waals surface area contributed by atoms with Gasteiger partial charge in [-0.15, -0.1) is 0 Å². The largest absolute Gasteiger partial charge is 0.354 e. The Labute approximate surface area is 375 Å². The molecule has 4 aromatic rings. The molecule has 0 unspecified atom stereocenters. The van der Waals surface area contributed by atoms with Crippen LogP contribution in [-0.4, -0.2) is 108 Å². The van der Waals surface area contributed by atoms with Crippen molar-refractivity contribution in [2.24, 2.45) is 0 Å². The van der Waals surface area contributed by atoms with Crippen molar-refractivity contribution >= 4 is 94.0 Å². The maximum atomic E-state index is 5.77. The van der Waals surface area contributed by atoms with Crippen molar-refractivity contribution in [2.45, 2.75) is 133 Å². The van der Waals surface area contributed by atoms with Crippen LogP contribution < -0.4 is 42.5 Å². The van der Waals surface area contributed by atoms with E-state index in [0.717, 1.165) is 26.2 Å². The molecule has 8 N–H and O–H groups in total. The number of nitrogens with zero attached hydrogens (tertiary/aromatic N) is 12. The summed E-state index contributed by atoms with van der Waals surface area (Å²) >= 11 is 23.1. The first kappa shape index (κ1) is 53.6.